The minimum Gasteiger partial charge on any atom is -0.508 e. The number of nitrogens with zero attached hydrogens (tertiary/aromatic N) is 4. The number of piperazine rings is 1. The minimum atomic E-state index is -1.00. The molecule has 0 aliphatic carbocycles. The van der Waals surface area contributed by atoms with E-state index in [1.54, 1.807) is 12.1 Å². The van der Waals surface area contributed by atoms with Gasteiger partial charge in [-0.05, 0) is 34.5 Å². The van der Waals surface area contributed by atoms with Crippen LogP contribution in [0.15, 0.2) is 42.5 Å². The Morgan fingerprint density at radius 3 is 2.53 bits per heavy atom. The minimum absolute atomic E-state index is 0.0167. The van der Waals surface area contributed by atoms with Crippen LogP contribution in [-0.2, 0) is 4.79 Å². The Hall–Kier alpha value is -4.38. The molecule has 5 N–H and O–H groups in total. The molecule has 196 valence electrons. The summed E-state index contributed by atoms with van der Waals surface area (Å²) in [6, 6.07) is 11.4. The van der Waals surface area contributed by atoms with Gasteiger partial charge in [0.2, 0.25) is 5.95 Å². The van der Waals surface area contributed by atoms with E-state index in [4.69, 9.17) is 22.4 Å². The van der Waals surface area contributed by atoms with E-state index in [-0.39, 0.29) is 40.8 Å². The lowest BCUT2D eigenvalue weighted by Crippen LogP contribution is -2.50. The van der Waals surface area contributed by atoms with Gasteiger partial charge in [-0.2, -0.15) is 4.98 Å². The number of aliphatic carboxylic acids is 1. The maximum absolute atomic E-state index is 16.4. The van der Waals surface area contributed by atoms with Crippen LogP contribution in [-0.4, -0.2) is 69.8 Å². The van der Waals surface area contributed by atoms with Crippen LogP contribution in [0.1, 0.15) is 6.42 Å². The Kier molecular flexibility index (Phi) is 6.77. The average Bonchev–Trinajstić information content (AvgIpc) is 2.88. The van der Waals surface area contributed by atoms with Gasteiger partial charge in [0.25, 0.3) is 0 Å². The van der Waals surface area contributed by atoms with Gasteiger partial charge in [0, 0.05) is 43.7 Å². The molecule has 1 fully saturated rings. The van der Waals surface area contributed by atoms with E-state index < -0.39 is 17.8 Å². The molecular formula is C26H24ClFN6O4. The Labute approximate surface area is 221 Å². The molecule has 5 rings (SSSR count). The van der Waals surface area contributed by atoms with Crippen molar-refractivity contribution in [3.05, 3.63) is 53.3 Å². The van der Waals surface area contributed by atoms with Crippen molar-refractivity contribution in [2.75, 3.05) is 42.9 Å². The van der Waals surface area contributed by atoms with Crippen LogP contribution in [0, 0.1) is 5.82 Å². The normalized spacial score (nSPS) is 13.7. The van der Waals surface area contributed by atoms with E-state index in [2.05, 4.69) is 15.3 Å². The van der Waals surface area contributed by atoms with Gasteiger partial charge >= 0.3 is 12.0 Å². The van der Waals surface area contributed by atoms with Gasteiger partial charge in [-0.3, -0.25) is 4.79 Å². The standard InChI is InChI=1S/C26H24ClFN6O4/c27-19-13-18-23(22(28)21(19)17-12-15(35)11-14-3-1-2-4-16(14)17)31-26(30-6-5-20(36)37)32-24(18)33-7-9-34(10-8-33)25(29)38/h1-4,11-13,35H,5-10H2,(H2,29,38)(H,36,37)(H,30,31,32). The first-order valence-corrected chi connectivity index (χ1v) is 12.3. The van der Waals surface area contributed by atoms with Crippen LogP contribution in [0.5, 0.6) is 5.75 Å². The smallest absolute Gasteiger partial charge is 0.314 e. The number of aromatic hydroxyl groups is 1. The second-order valence-electron chi connectivity index (χ2n) is 8.91. The number of primary amides is 1. The number of carbonyl (C=O) groups is 2. The molecule has 1 aliphatic rings. The number of urea groups is 1. The fraction of sp³-hybridized carbons (Fsp3) is 0.231. The summed E-state index contributed by atoms with van der Waals surface area (Å²) in [6.45, 7) is 1.52. The molecule has 12 heteroatoms. The molecule has 1 aromatic heterocycles. The molecule has 1 saturated heterocycles. The predicted octanol–water partition coefficient (Wildman–Crippen LogP) is 4.04. The van der Waals surface area contributed by atoms with Crippen LogP contribution in [0.25, 0.3) is 32.8 Å². The first-order chi connectivity index (χ1) is 18.2. The highest BCUT2D eigenvalue weighted by Gasteiger charge is 2.26. The Bertz CT molecular complexity index is 1580. The largest absolute Gasteiger partial charge is 0.508 e. The summed E-state index contributed by atoms with van der Waals surface area (Å²) >= 11 is 6.68. The van der Waals surface area contributed by atoms with Crippen LogP contribution < -0.4 is 16.0 Å². The summed E-state index contributed by atoms with van der Waals surface area (Å²) in [5, 5.41) is 24.1. The lowest BCUT2D eigenvalue weighted by molar-refractivity contribution is -0.136. The monoisotopic (exact) mass is 538 g/mol. The van der Waals surface area contributed by atoms with Crippen molar-refractivity contribution >= 4 is 57.0 Å². The van der Waals surface area contributed by atoms with Crippen molar-refractivity contribution in [1.29, 1.82) is 0 Å². The van der Waals surface area contributed by atoms with Crippen molar-refractivity contribution in [3.8, 4) is 16.9 Å². The number of rotatable bonds is 6. The van der Waals surface area contributed by atoms with E-state index in [1.165, 1.54) is 11.0 Å². The highest BCUT2D eigenvalue weighted by molar-refractivity contribution is 6.35. The van der Waals surface area contributed by atoms with Crippen LogP contribution in [0.3, 0.4) is 0 Å². The molecule has 0 saturated carbocycles. The third-order valence-electron chi connectivity index (χ3n) is 6.49. The molecule has 0 spiro atoms. The zero-order chi connectivity index (χ0) is 27.0. The van der Waals surface area contributed by atoms with Crippen molar-refractivity contribution in [2.45, 2.75) is 6.42 Å². The summed E-state index contributed by atoms with van der Waals surface area (Å²) in [5.41, 5.74) is 5.87. The number of phenols is 1. The Morgan fingerprint density at radius 1 is 1.08 bits per heavy atom. The van der Waals surface area contributed by atoms with Gasteiger partial charge in [0.15, 0.2) is 5.82 Å². The summed E-state index contributed by atoms with van der Waals surface area (Å²) < 4.78 is 16.4. The molecule has 0 atom stereocenters. The highest BCUT2D eigenvalue weighted by atomic mass is 35.5. The molecule has 2 amide bonds. The fourth-order valence-electron chi connectivity index (χ4n) is 4.67. The lowest BCUT2D eigenvalue weighted by atomic mass is 9.96. The van der Waals surface area contributed by atoms with Gasteiger partial charge in [0.05, 0.1) is 11.4 Å². The molecule has 2 heterocycles. The Balaban J connectivity index is 1.68. The number of carboxylic acid groups (broad SMARTS) is 1. The number of hydrogen-bond acceptors (Lipinski definition) is 7. The van der Waals surface area contributed by atoms with Crippen molar-refractivity contribution < 1.29 is 24.2 Å². The van der Waals surface area contributed by atoms with Crippen LogP contribution in [0.2, 0.25) is 5.02 Å². The SMILES string of the molecule is NC(=O)N1CCN(c2nc(NCCC(=O)O)nc3c(F)c(-c4cc(O)cc5ccccc45)c(Cl)cc23)CC1. The summed E-state index contributed by atoms with van der Waals surface area (Å²) in [5.74, 6) is -1.30. The van der Waals surface area contributed by atoms with Gasteiger partial charge in [0.1, 0.15) is 17.1 Å². The first kappa shape index (κ1) is 25.3. The van der Waals surface area contributed by atoms with E-state index in [1.807, 2.05) is 29.2 Å². The number of benzene rings is 3. The van der Waals surface area contributed by atoms with Crippen LogP contribution in [0.4, 0.5) is 21.0 Å². The zero-order valence-electron chi connectivity index (χ0n) is 20.1. The number of nitrogens with two attached hydrogens (primary N) is 1. The van der Waals surface area contributed by atoms with E-state index >= 15 is 4.39 Å². The molecule has 0 bridgehead atoms. The Morgan fingerprint density at radius 2 is 1.82 bits per heavy atom. The quantitative estimate of drug-likeness (QED) is 0.288. The first-order valence-electron chi connectivity index (χ1n) is 11.9. The van der Waals surface area contributed by atoms with Crippen molar-refractivity contribution in [1.82, 2.24) is 14.9 Å². The van der Waals surface area contributed by atoms with Crippen molar-refractivity contribution in [3.63, 3.8) is 0 Å². The molecule has 38 heavy (non-hydrogen) atoms. The number of anilines is 2. The highest BCUT2D eigenvalue weighted by Crippen LogP contribution is 2.42. The number of aromatic nitrogens is 2. The van der Waals surface area contributed by atoms with Crippen molar-refractivity contribution in [2.24, 2.45) is 5.73 Å². The zero-order valence-corrected chi connectivity index (χ0v) is 20.9. The topological polar surface area (TPSA) is 145 Å². The number of hydrogen-bond donors (Lipinski definition) is 4. The average molecular weight is 539 g/mol. The molecule has 4 aromatic rings. The van der Waals surface area contributed by atoms with Gasteiger partial charge in [-0.25, -0.2) is 14.2 Å². The summed E-state index contributed by atoms with van der Waals surface area (Å²) in [7, 11) is 0. The third kappa shape index (κ3) is 4.80. The third-order valence-corrected chi connectivity index (χ3v) is 6.79. The van der Waals surface area contributed by atoms with Crippen LogP contribution >= 0.6 is 11.6 Å². The second kappa shape index (κ2) is 10.2. The molecular weight excluding hydrogens is 515 g/mol. The molecule has 0 unspecified atom stereocenters. The number of nitrogens with one attached hydrogen (secondary N) is 1. The maximum Gasteiger partial charge on any atom is 0.314 e. The molecule has 10 nitrogen and oxygen atoms in total. The number of amides is 2. The van der Waals surface area contributed by atoms with E-state index in [9.17, 15) is 14.7 Å². The number of phenolic OH excluding ortho intramolecular Hbond substituents is 1. The summed E-state index contributed by atoms with van der Waals surface area (Å²) in [4.78, 5) is 34.9. The van der Waals surface area contributed by atoms with E-state index in [0.29, 0.717) is 53.7 Å². The van der Waals surface area contributed by atoms with Gasteiger partial charge in [-0.1, -0.05) is 35.9 Å². The molecule has 1 aliphatic heterocycles. The van der Waals surface area contributed by atoms with Gasteiger partial charge < -0.3 is 31.1 Å². The maximum atomic E-state index is 16.4. The molecule has 0 radical (unpaired) electrons. The predicted molar refractivity (Wildman–Crippen MR) is 143 cm³/mol. The lowest BCUT2D eigenvalue weighted by Gasteiger charge is -2.35. The number of carboxylic acids is 1. The molecule has 3 aromatic carbocycles. The summed E-state index contributed by atoms with van der Waals surface area (Å²) in [6.07, 6.45) is -0.183. The number of carbonyl (C=O) groups excluding carboxylic acids is 1. The van der Waals surface area contributed by atoms with E-state index in [0.717, 1.165) is 0 Å². The number of fused-ring (bicyclic) bond motifs is 2. The fourth-order valence-corrected chi connectivity index (χ4v) is 4.96. The number of halogens is 2. The second-order valence-corrected chi connectivity index (χ2v) is 9.32. The van der Waals surface area contributed by atoms with Gasteiger partial charge in [-0.15, -0.1) is 0 Å².